The van der Waals surface area contributed by atoms with Crippen LogP contribution in [0.2, 0.25) is 0 Å². The van der Waals surface area contributed by atoms with Gasteiger partial charge >= 0.3 is 0 Å². The minimum atomic E-state index is 0.116. The van der Waals surface area contributed by atoms with E-state index in [2.05, 4.69) is 22.9 Å². The molecule has 110 valence electrons. The fourth-order valence-electron chi connectivity index (χ4n) is 2.94. The molecule has 1 heterocycles. The molecule has 2 N–H and O–H groups in total. The first-order valence-electron chi connectivity index (χ1n) is 7.34. The zero-order valence-electron chi connectivity index (χ0n) is 12.2. The van der Waals surface area contributed by atoms with Gasteiger partial charge in [0.1, 0.15) is 0 Å². The highest BCUT2D eigenvalue weighted by Gasteiger charge is 2.30. The third-order valence-corrected chi connectivity index (χ3v) is 5.23. The van der Waals surface area contributed by atoms with E-state index in [1.165, 1.54) is 6.42 Å². The van der Waals surface area contributed by atoms with Crippen molar-refractivity contribution in [3.05, 3.63) is 33.8 Å². The second kappa shape index (κ2) is 6.72. The van der Waals surface area contributed by atoms with Crippen LogP contribution in [0.1, 0.15) is 42.1 Å². The van der Waals surface area contributed by atoms with Crippen molar-refractivity contribution in [2.75, 3.05) is 13.1 Å². The van der Waals surface area contributed by atoms with E-state index in [-0.39, 0.29) is 11.9 Å². The number of benzene rings is 1. The van der Waals surface area contributed by atoms with E-state index in [0.717, 1.165) is 35.0 Å². The summed E-state index contributed by atoms with van der Waals surface area (Å²) in [6.07, 6.45) is 3.30. The summed E-state index contributed by atoms with van der Waals surface area (Å²) in [4.78, 5) is 14.6. The van der Waals surface area contributed by atoms with Gasteiger partial charge in [-0.15, -0.1) is 0 Å². The monoisotopic (exact) mass is 338 g/mol. The molecule has 0 bridgehead atoms. The molecule has 20 heavy (non-hydrogen) atoms. The number of rotatable bonds is 3. The van der Waals surface area contributed by atoms with Gasteiger partial charge in [-0.3, -0.25) is 4.79 Å². The molecular weight excluding hydrogens is 316 g/mol. The van der Waals surface area contributed by atoms with Gasteiger partial charge in [0, 0.05) is 29.2 Å². The minimum absolute atomic E-state index is 0.116. The predicted molar refractivity (Wildman–Crippen MR) is 85.8 cm³/mol. The maximum absolute atomic E-state index is 12.7. The molecule has 0 saturated carbocycles. The Morgan fingerprint density at radius 3 is 2.85 bits per heavy atom. The highest BCUT2D eigenvalue weighted by Crippen LogP contribution is 2.27. The molecule has 2 atom stereocenters. The second-order valence-electron chi connectivity index (χ2n) is 5.65. The van der Waals surface area contributed by atoms with Crippen LogP contribution in [0, 0.1) is 12.8 Å². The Kier molecular flexibility index (Phi) is 5.22. The standard InChI is InChI=1S/C16H23BrN2O/c1-3-12-6-7-19(14(9-12)10-18)16(20)13-4-5-15(17)11(2)8-13/h4-5,8,12,14H,3,6-7,9-10,18H2,1-2H3. The normalized spacial score (nSPS) is 22.9. The lowest BCUT2D eigenvalue weighted by Gasteiger charge is -2.39. The molecule has 4 heteroatoms. The first-order chi connectivity index (χ1) is 9.56. The summed E-state index contributed by atoms with van der Waals surface area (Å²) in [6.45, 7) is 5.60. The zero-order valence-corrected chi connectivity index (χ0v) is 13.8. The number of carbonyl (C=O) groups is 1. The van der Waals surface area contributed by atoms with Gasteiger partial charge in [-0.2, -0.15) is 0 Å². The van der Waals surface area contributed by atoms with Gasteiger partial charge in [-0.05, 0) is 49.4 Å². The predicted octanol–water partition coefficient (Wildman–Crippen LogP) is 3.35. The number of hydrogen-bond donors (Lipinski definition) is 1. The van der Waals surface area contributed by atoms with Gasteiger partial charge in [0.25, 0.3) is 5.91 Å². The molecule has 3 nitrogen and oxygen atoms in total. The maximum atomic E-state index is 12.7. The number of hydrogen-bond acceptors (Lipinski definition) is 2. The van der Waals surface area contributed by atoms with E-state index in [1.807, 2.05) is 30.0 Å². The Hall–Kier alpha value is -0.870. The van der Waals surface area contributed by atoms with Crippen LogP contribution in [0.15, 0.2) is 22.7 Å². The molecule has 0 radical (unpaired) electrons. The number of nitrogens with zero attached hydrogens (tertiary/aromatic N) is 1. The summed E-state index contributed by atoms with van der Waals surface area (Å²) in [6, 6.07) is 5.97. The van der Waals surface area contributed by atoms with E-state index in [4.69, 9.17) is 5.73 Å². The first kappa shape index (κ1) is 15.5. The van der Waals surface area contributed by atoms with Crippen LogP contribution in [0.3, 0.4) is 0 Å². The topological polar surface area (TPSA) is 46.3 Å². The van der Waals surface area contributed by atoms with Crippen molar-refractivity contribution in [2.24, 2.45) is 11.7 Å². The zero-order chi connectivity index (χ0) is 14.7. The van der Waals surface area contributed by atoms with Crippen LogP contribution in [0.25, 0.3) is 0 Å². The van der Waals surface area contributed by atoms with E-state index < -0.39 is 0 Å². The van der Waals surface area contributed by atoms with Crippen LogP contribution >= 0.6 is 15.9 Å². The van der Waals surface area contributed by atoms with Gasteiger partial charge in [0.15, 0.2) is 0 Å². The lowest BCUT2D eigenvalue weighted by molar-refractivity contribution is 0.0558. The van der Waals surface area contributed by atoms with E-state index >= 15 is 0 Å². The Balaban J connectivity index is 2.17. The van der Waals surface area contributed by atoms with Gasteiger partial charge in [0.2, 0.25) is 0 Å². The largest absolute Gasteiger partial charge is 0.334 e. The van der Waals surface area contributed by atoms with Gasteiger partial charge in [-0.25, -0.2) is 0 Å². The number of aryl methyl sites for hydroxylation is 1. The molecule has 1 amide bonds. The van der Waals surface area contributed by atoms with Gasteiger partial charge in [0.05, 0.1) is 0 Å². The SMILES string of the molecule is CCC1CCN(C(=O)c2ccc(Br)c(C)c2)C(CN)C1. The first-order valence-corrected chi connectivity index (χ1v) is 8.13. The summed E-state index contributed by atoms with van der Waals surface area (Å²) in [5.74, 6) is 0.824. The quantitative estimate of drug-likeness (QED) is 0.918. The molecule has 2 unspecified atom stereocenters. The van der Waals surface area contributed by atoms with E-state index in [9.17, 15) is 4.79 Å². The van der Waals surface area contributed by atoms with Crippen LogP contribution in [-0.4, -0.2) is 29.9 Å². The number of amides is 1. The molecule has 0 aliphatic carbocycles. The molecule has 1 saturated heterocycles. The van der Waals surface area contributed by atoms with Crippen molar-refractivity contribution < 1.29 is 4.79 Å². The molecule has 1 aromatic rings. The molecule has 0 aromatic heterocycles. The molecule has 0 spiro atoms. The Morgan fingerprint density at radius 1 is 1.50 bits per heavy atom. The average molecular weight is 339 g/mol. The van der Waals surface area contributed by atoms with Crippen LogP contribution in [0.5, 0.6) is 0 Å². The van der Waals surface area contributed by atoms with Crippen LogP contribution in [0.4, 0.5) is 0 Å². The number of piperidine rings is 1. The summed E-state index contributed by atoms with van der Waals surface area (Å²) in [5, 5.41) is 0. The van der Waals surface area contributed by atoms with Crippen molar-refractivity contribution in [2.45, 2.75) is 39.2 Å². The third kappa shape index (κ3) is 3.23. The van der Waals surface area contributed by atoms with Crippen molar-refractivity contribution >= 4 is 21.8 Å². The fourth-order valence-corrected chi connectivity index (χ4v) is 3.19. The lowest BCUT2D eigenvalue weighted by atomic mass is 9.88. The van der Waals surface area contributed by atoms with Crippen molar-refractivity contribution in [3.63, 3.8) is 0 Å². The lowest BCUT2D eigenvalue weighted by Crippen LogP contribution is -2.49. The van der Waals surface area contributed by atoms with Crippen LogP contribution in [-0.2, 0) is 0 Å². The van der Waals surface area contributed by atoms with E-state index in [0.29, 0.717) is 12.5 Å². The summed E-state index contributed by atoms with van der Waals surface area (Å²) in [7, 11) is 0. The maximum Gasteiger partial charge on any atom is 0.254 e. The molecular formula is C16H23BrN2O. The van der Waals surface area contributed by atoms with Crippen molar-refractivity contribution in [3.8, 4) is 0 Å². The van der Waals surface area contributed by atoms with Crippen LogP contribution < -0.4 is 5.73 Å². The summed E-state index contributed by atoms with van der Waals surface area (Å²) in [5.41, 5.74) is 7.73. The fraction of sp³-hybridized carbons (Fsp3) is 0.562. The Bertz CT molecular complexity index is 489. The molecule has 1 aromatic carbocycles. The third-order valence-electron chi connectivity index (χ3n) is 4.34. The van der Waals surface area contributed by atoms with Gasteiger partial charge in [-0.1, -0.05) is 29.3 Å². The highest BCUT2D eigenvalue weighted by atomic mass is 79.9. The number of nitrogens with two attached hydrogens (primary N) is 1. The number of carbonyl (C=O) groups excluding carboxylic acids is 1. The van der Waals surface area contributed by atoms with Crippen molar-refractivity contribution in [1.82, 2.24) is 4.90 Å². The molecule has 2 rings (SSSR count). The minimum Gasteiger partial charge on any atom is -0.334 e. The van der Waals surface area contributed by atoms with Crippen molar-refractivity contribution in [1.29, 1.82) is 0 Å². The number of halogens is 1. The second-order valence-corrected chi connectivity index (χ2v) is 6.51. The van der Waals surface area contributed by atoms with Gasteiger partial charge < -0.3 is 10.6 Å². The molecule has 1 aliphatic rings. The smallest absolute Gasteiger partial charge is 0.254 e. The Labute approximate surface area is 129 Å². The molecule has 1 aliphatic heterocycles. The Morgan fingerprint density at radius 2 is 2.25 bits per heavy atom. The van der Waals surface area contributed by atoms with E-state index in [1.54, 1.807) is 0 Å². The summed E-state index contributed by atoms with van der Waals surface area (Å²) >= 11 is 3.47. The highest BCUT2D eigenvalue weighted by molar-refractivity contribution is 9.10. The molecule has 1 fully saturated rings. The number of likely N-dealkylation sites (tertiary alicyclic amines) is 1. The average Bonchev–Trinajstić information content (AvgIpc) is 2.48. The summed E-state index contributed by atoms with van der Waals surface area (Å²) < 4.78 is 1.04.